The third-order valence-electron chi connectivity index (χ3n) is 4.23. The predicted octanol–water partition coefficient (Wildman–Crippen LogP) is 3.29. The summed E-state index contributed by atoms with van der Waals surface area (Å²) in [6.07, 6.45) is 4.52. The first-order valence-electron chi connectivity index (χ1n) is 8.46. The molecule has 20 heavy (non-hydrogen) atoms. The second-order valence-electron chi connectivity index (χ2n) is 7.45. The summed E-state index contributed by atoms with van der Waals surface area (Å²) in [4.78, 5) is 2.55. The number of likely N-dealkylation sites (N-methyl/N-ethyl adjacent to an activating group) is 1. The fourth-order valence-electron chi connectivity index (χ4n) is 2.68. The molecule has 0 saturated carbocycles. The Labute approximate surface area is 126 Å². The van der Waals surface area contributed by atoms with Crippen molar-refractivity contribution in [3.05, 3.63) is 0 Å². The fourth-order valence-corrected chi connectivity index (χ4v) is 2.68. The van der Waals surface area contributed by atoms with Crippen molar-refractivity contribution in [3.63, 3.8) is 0 Å². The Morgan fingerprint density at radius 1 is 1.20 bits per heavy atom. The Balaban J connectivity index is 2.28. The highest BCUT2D eigenvalue weighted by molar-refractivity contribution is 4.81. The maximum atomic E-state index is 6.20. The molecule has 0 radical (unpaired) electrons. The van der Waals surface area contributed by atoms with Crippen molar-refractivity contribution < 1.29 is 4.74 Å². The second kappa shape index (κ2) is 8.35. The van der Waals surface area contributed by atoms with Crippen molar-refractivity contribution in [1.29, 1.82) is 0 Å². The first kappa shape index (κ1) is 17.9. The summed E-state index contributed by atoms with van der Waals surface area (Å²) in [6.45, 7) is 17.9. The van der Waals surface area contributed by atoms with E-state index in [9.17, 15) is 0 Å². The molecule has 120 valence electrons. The van der Waals surface area contributed by atoms with Gasteiger partial charge in [0.2, 0.25) is 0 Å². The van der Waals surface area contributed by atoms with Crippen molar-refractivity contribution in [2.24, 2.45) is 5.92 Å². The van der Waals surface area contributed by atoms with Gasteiger partial charge in [0, 0.05) is 25.2 Å². The third-order valence-corrected chi connectivity index (χ3v) is 4.23. The summed E-state index contributed by atoms with van der Waals surface area (Å²) in [5.41, 5.74) is 0.188. The lowest BCUT2D eigenvalue weighted by molar-refractivity contribution is 0.0194. The first-order valence-corrected chi connectivity index (χ1v) is 8.46. The van der Waals surface area contributed by atoms with Crippen LogP contribution in [0.25, 0.3) is 0 Å². The van der Waals surface area contributed by atoms with Crippen LogP contribution in [-0.2, 0) is 4.74 Å². The molecule has 1 fully saturated rings. The van der Waals surface area contributed by atoms with Gasteiger partial charge in [0.15, 0.2) is 0 Å². The van der Waals surface area contributed by atoms with Crippen molar-refractivity contribution >= 4 is 0 Å². The number of hydrogen-bond acceptors (Lipinski definition) is 3. The molecule has 1 N–H and O–H groups in total. The molecule has 0 aromatic carbocycles. The zero-order chi connectivity index (χ0) is 15.2. The van der Waals surface area contributed by atoms with Gasteiger partial charge in [0.1, 0.15) is 0 Å². The normalized spacial score (nSPS) is 25.4. The van der Waals surface area contributed by atoms with Gasteiger partial charge in [-0.1, -0.05) is 27.2 Å². The van der Waals surface area contributed by atoms with Gasteiger partial charge in [-0.25, -0.2) is 0 Å². The van der Waals surface area contributed by atoms with E-state index in [1.807, 2.05) is 0 Å². The van der Waals surface area contributed by atoms with Crippen LogP contribution in [0.5, 0.6) is 0 Å². The zero-order valence-corrected chi connectivity index (χ0v) is 14.5. The Hall–Kier alpha value is -0.120. The van der Waals surface area contributed by atoms with Crippen LogP contribution in [0.15, 0.2) is 0 Å². The van der Waals surface area contributed by atoms with E-state index in [4.69, 9.17) is 4.74 Å². The van der Waals surface area contributed by atoms with Crippen molar-refractivity contribution in [1.82, 2.24) is 10.2 Å². The molecule has 3 unspecified atom stereocenters. The molecule has 3 nitrogen and oxygen atoms in total. The molecule has 0 spiro atoms. The molecule has 3 atom stereocenters. The minimum absolute atomic E-state index is 0.188. The Morgan fingerprint density at radius 2 is 1.85 bits per heavy atom. The smallest absolute Gasteiger partial charge is 0.0707 e. The van der Waals surface area contributed by atoms with E-state index in [1.54, 1.807) is 0 Å². The topological polar surface area (TPSA) is 24.5 Å². The Kier molecular flexibility index (Phi) is 7.49. The van der Waals surface area contributed by atoms with Gasteiger partial charge in [-0.05, 0) is 46.1 Å². The highest BCUT2D eigenvalue weighted by Crippen LogP contribution is 2.21. The number of rotatable bonds is 8. The average Bonchev–Trinajstić information content (AvgIpc) is 2.82. The van der Waals surface area contributed by atoms with E-state index in [-0.39, 0.29) is 5.54 Å². The molecule has 3 heteroatoms. The van der Waals surface area contributed by atoms with Gasteiger partial charge in [0.05, 0.1) is 12.2 Å². The standard InChI is InChI=1S/C17H36N2O/c1-7-14(3)12-19(8-2)13-16-10-9-15(20-16)11-18-17(4,5)6/h14-16,18H,7-13H2,1-6H3. The lowest BCUT2D eigenvalue weighted by Crippen LogP contribution is -2.41. The minimum Gasteiger partial charge on any atom is -0.372 e. The van der Waals surface area contributed by atoms with E-state index < -0.39 is 0 Å². The number of hydrogen-bond donors (Lipinski definition) is 1. The molecule has 0 amide bonds. The molecule has 1 aliphatic rings. The average molecular weight is 284 g/mol. The molecular formula is C17H36N2O. The van der Waals surface area contributed by atoms with Gasteiger partial charge in [-0.15, -0.1) is 0 Å². The van der Waals surface area contributed by atoms with Crippen LogP contribution in [0.4, 0.5) is 0 Å². The highest BCUT2D eigenvalue weighted by Gasteiger charge is 2.27. The van der Waals surface area contributed by atoms with Crippen LogP contribution in [0.3, 0.4) is 0 Å². The summed E-state index contributed by atoms with van der Waals surface area (Å²) in [6, 6.07) is 0. The summed E-state index contributed by atoms with van der Waals surface area (Å²) in [5, 5.41) is 3.55. The highest BCUT2D eigenvalue weighted by atomic mass is 16.5. The second-order valence-corrected chi connectivity index (χ2v) is 7.45. The summed E-state index contributed by atoms with van der Waals surface area (Å²) in [5.74, 6) is 0.787. The van der Waals surface area contributed by atoms with E-state index in [1.165, 1.54) is 25.8 Å². The number of nitrogens with one attached hydrogen (secondary N) is 1. The van der Waals surface area contributed by atoms with Crippen LogP contribution in [-0.4, -0.2) is 48.8 Å². The monoisotopic (exact) mass is 284 g/mol. The molecule has 1 rings (SSSR count). The van der Waals surface area contributed by atoms with E-state index in [0.717, 1.165) is 25.6 Å². The molecule has 0 aromatic heterocycles. The van der Waals surface area contributed by atoms with Crippen molar-refractivity contribution in [3.8, 4) is 0 Å². The van der Waals surface area contributed by atoms with Crippen LogP contribution in [0.1, 0.15) is 60.8 Å². The Morgan fingerprint density at radius 3 is 2.40 bits per heavy atom. The minimum atomic E-state index is 0.188. The summed E-state index contributed by atoms with van der Waals surface area (Å²) in [7, 11) is 0. The molecule has 0 aromatic rings. The Bertz CT molecular complexity index is 262. The fraction of sp³-hybridized carbons (Fsp3) is 1.00. The maximum absolute atomic E-state index is 6.20. The van der Waals surface area contributed by atoms with Crippen LogP contribution >= 0.6 is 0 Å². The lowest BCUT2D eigenvalue weighted by Gasteiger charge is -2.27. The molecule has 1 saturated heterocycles. The van der Waals surface area contributed by atoms with E-state index in [0.29, 0.717) is 12.2 Å². The number of nitrogens with zero attached hydrogens (tertiary/aromatic N) is 1. The molecule has 0 aliphatic carbocycles. The van der Waals surface area contributed by atoms with Gasteiger partial charge < -0.3 is 15.0 Å². The molecular weight excluding hydrogens is 248 g/mol. The van der Waals surface area contributed by atoms with Crippen LogP contribution < -0.4 is 5.32 Å². The van der Waals surface area contributed by atoms with Crippen LogP contribution in [0.2, 0.25) is 0 Å². The molecule has 1 heterocycles. The predicted molar refractivity (Wildman–Crippen MR) is 87.2 cm³/mol. The molecule has 0 bridgehead atoms. The zero-order valence-electron chi connectivity index (χ0n) is 14.5. The summed E-state index contributed by atoms with van der Waals surface area (Å²) >= 11 is 0. The molecule has 1 aliphatic heterocycles. The van der Waals surface area contributed by atoms with Gasteiger partial charge in [-0.3, -0.25) is 0 Å². The quantitative estimate of drug-likeness (QED) is 0.740. The van der Waals surface area contributed by atoms with Gasteiger partial charge in [0.25, 0.3) is 0 Å². The van der Waals surface area contributed by atoms with Gasteiger partial charge >= 0.3 is 0 Å². The maximum Gasteiger partial charge on any atom is 0.0707 e. The van der Waals surface area contributed by atoms with Crippen LogP contribution in [0, 0.1) is 5.92 Å². The lowest BCUT2D eigenvalue weighted by atomic mass is 10.1. The van der Waals surface area contributed by atoms with Gasteiger partial charge in [-0.2, -0.15) is 0 Å². The van der Waals surface area contributed by atoms with E-state index >= 15 is 0 Å². The largest absolute Gasteiger partial charge is 0.372 e. The van der Waals surface area contributed by atoms with E-state index in [2.05, 4.69) is 51.8 Å². The number of ether oxygens (including phenoxy) is 1. The third kappa shape index (κ3) is 7.05. The SMILES string of the molecule is CCC(C)CN(CC)CC1CCC(CNC(C)(C)C)O1. The first-order chi connectivity index (χ1) is 9.34. The van der Waals surface area contributed by atoms with Crippen molar-refractivity contribution in [2.75, 3.05) is 26.2 Å². The van der Waals surface area contributed by atoms with Crippen molar-refractivity contribution in [2.45, 2.75) is 78.6 Å². The summed E-state index contributed by atoms with van der Waals surface area (Å²) < 4.78 is 6.20.